The van der Waals surface area contributed by atoms with Gasteiger partial charge in [0.25, 0.3) is 57.0 Å². The zero-order chi connectivity index (χ0) is 110. The number of nitrogens with one attached hydrogen (secondary N) is 5. The zero-order valence-electron chi connectivity index (χ0n) is 90.5. The van der Waals surface area contributed by atoms with Crippen LogP contribution in [-0.2, 0) is 78.9 Å². The van der Waals surface area contributed by atoms with E-state index in [-0.39, 0.29) is 221 Å². The van der Waals surface area contributed by atoms with Gasteiger partial charge >= 0.3 is 11.4 Å². The number of amides is 3. The summed E-state index contributed by atoms with van der Waals surface area (Å²) >= 11 is 0. The summed E-state index contributed by atoms with van der Waals surface area (Å²) < 4.78 is 112. The van der Waals surface area contributed by atoms with Crippen molar-refractivity contribution in [1.82, 2.24) is 76.8 Å². The Kier molecular flexibility index (Phi) is 50.1. The number of hydrogen-bond donors (Lipinski definition) is 5. The quantitative estimate of drug-likeness (QED) is 0.0134. The Labute approximate surface area is 882 Å². The van der Waals surface area contributed by atoms with Crippen molar-refractivity contribution in [2.45, 2.75) is 274 Å². The monoisotopic (exact) mass is 2160 g/mol. The molecule has 4 aliphatic heterocycles. The molecule has 4 saturated heterocycles. The molecule has 2 aromatic carbocycles. The van der Waals surface area contributed by atoms with Crippen LogP contribution in [0.25, 0.3) is 41.7 Å². The maximum absolute atomic E-state index is 13.0. The zero-order valence-corrected chi connectivity index (χ0v) is 94.0. The number of aromatic nitrogens is 12. The van der Waals surface area contributed by atoms with Gasteiger partial charge in [0.1, 0.15) is 63.0 Å². The number of imidazole rings is 2. The van der Waals surface area contributed by atoms with Crippen LogP contribution >= 0.6 is 34.1 Å². The largest absolute Gasteiger partial charge is 0.376 e. The summed E-state index contributed by atoms with van der Waals surface area (Å²) in [5.74, 6) is -0.968. The van der Waals surface area contributed by atoms with Gasteiger partial charge in [-0.25, -0.2) is 74.5 Å². The van der Waals surface area contributed by atoms with Crippen LogP contribution in [0.2, 0.25) is 0 Å². The molecule has 6 aromatic heterocycles. The van der Waals surface area contributed by atoms with Gasteiger partial charge in [0, 0.05) is 136 Å². The first kappa shape index (κ1) is 124. The Morgan fingerprint density at radius 3 is 1.09 bits per heavy atom. The van der Waals surface area contributed by atoms with E-state index in [0.717, 1.165) is 0 Å². The maximum atomic E-state index is 13.0. The SMILES string of the molecule is [C-]#[N+]CCOP(OC[C@H]1O[C@@H](n2ccc(=O)[nH]c2=O)[C@H](OC)[C@@H]1C)N(C(C)C)C(C)C.[C-]#[N+]CCOP(OC[C@H]1O[C@@H](n2ccc(NC(=O)c3ccccc3)nc2=O)[C@H](OC)[C@@H]1C)N(C(C)C)C(C)C.[C-]#[N+]CCOP(OC[C@H]1O[C@@H](n2cnc3c(=O)[nH]c(NC(=O)C(C)C)nc32)[C@H](OC)[C@@H]1C)N(C(C)C)C(C)C.[C-]#[N+]CCOP(OC[C@H]1O[C@@H](n2cnc3c(NC(=O)c4ccccc4)ncnc32)[C@H](OC)[C@@H]1C)N(C(C)C)C(C)C. The van der Waals surface area contributed by atoms with Crippen LogP contribution in [-0.4, -0.2) is 299 Å². The highest BCUT2D eigenvalue weighted by atomic mass is 31.2. The summed E-state index contributed by atoms with van der Waals surface area (Å²) in [5.41, 5.74) is 0.280. The molecular weight excluding hydrogens is 2020 g/mol. The normalized spacial score (nSPS) is 22.5. The highest BCUT2D eigenvalue weighted by molar-refractivity contribution is 7.45. The van der Waals surface area contributed by atoms with Gasteiger partial charge in [0.05, 0.1) is 63.5 Å². The Morgan fingerprint density at radius 2 is 0.747 bits per heavy atom. The molecule has 8 aromatic rings. The van der Waals surface area contributed by atoms with Gasteiger partial charge in [0.2, 0.25) is 38.0 Å². The van der Waals surface area contributed by atoms with Gasteiger partial charge in [0.15, 0.2) is 53.1 Å². The summed E-state index contributed by atoms with van der Waals surface area (Å²) in [5, 5.41) is 8.12. The predicted molar refractivity (Wildman–Crippen MR) is 571 cm³/mol. The number of hydrogen-bond acceptors (Lipinski definition) is 33. The highest BCUT2D eigenvalue weighted by Gasteiger charge is 2.50. The standard InChI is InChI=1S/C28H38N7O5P.C27H38N5O6P.C25H40N7O6P.C20H33N4O6P/c1-18(2)35(19(3)4)41(38-14-13-29-6)39-15-22-20(5)24(37-7)28(40-22)34-17-32-23-25(30-16-31-26(23)34)33-27(36)21-11-9-8-10-12-21;1-18(2)32(19(3)4)39(36-16-14-28-6)37-17-22-20(5)24(35-7)26(38-22)31-15-13-23(30-27(31)34)29-25(33)21-11-9-8-10-12-21;1-14(2)22(33)29-25-28-21-19(23(34)30-25)27-13-31(21)24-20(35-9)17(7)18(38-24)12-37-39(36-11-10-26-8)32(15(3)4)16(5)6;1-13(2)24(14(3)4)31(28-11-9-21-6)29-12-16-15(5)18(27-7)19(30-16)23-10-8-17(25)22-20(23)26/h8-12,16-20,22,24,28H,13-15H2,1-5,7H3,(H,30,31,33,36);8-13,15,18-20,22,24,26H,14,16-17H2,1-5,7H3,(H,29,30,33,34);13-18,20,24H,10-12H2,1-7,9H3,(H2,28,29,30,33,34);8,10,13-16,18-19H,9,11-12H2,1-5,7H3,(H,22,25,26)/t20-,22-,24-,28-,41?;20-,22-,24-,26-,39?;17-,18-,20-,24-,39?;15-,16-,18-,19-,31?/m1111/s1. The van der Waals surface area contributed by atoms with Crippen LogP contribution in [0.15, 0.2) is 123 Å². The number of methoxy groups -OCH3 is 4. The summed E-state index contributed by atoms with van der Waals surface area (Å²) in [6, 6.07) is 21.9. The van der Waals surface area contributed by atoms with E-state index in [1.807, 2.05) is 37.5 Å². The molecule has 3 amide bonds. The van der Waals surface area contributed by atoms with Gasteiger partial charge in [-0.1, -0.05) is 77.9 Å². The number of anilines is 3. The summed E-state index contributed by atoms with van der Waals surface area (Å²) in [6.07, 6.45) is 2.03. The number of carbonyl (C=O) groups excluding carboxylic acids is 3. The first-order valence-corrected chi connectivity index (χ1v) is 54.7. The highest BCUT2D eigenvalue weighted by Crippen LogP contribution is 2.53. The van der Waals surface area contributed by atoms with E-state index in [1.54, 1.807) is 114 Å². The van der Waals surface area contributed by atoms with E-state index in [9.17, 15) is 33.6 Å². The third-order valence-corrected chi connectivity index (χ3v) is 33.1. The van der Waals surface area contributed by atoms with Crippen molar-refractivity contribution >= 4 is 91.7 Å². The molecule has 0 radical (unpaired) electrons. The molecule has 150 heavy (non-hydrogen) atoms. The topological polar surface area (TPSA) is 462 Å². The average molecular weight is 2170 g/mol. The van der Waals surface area contributed by atoms with Crippen molar-refractivity contribution in [1.29, 1.82) is 0 Å². The summed E-state index contributed by atoms with van der Waals surface area (Å²) in [4.78, 5) is 131. The van der Waals surface area contributed by atoms with Crippen LogP contribution in [0, 0.1) is 55.9 Å². The number of fused-ring (bicyclic) bond motifs is 2. The first-order valence-electron chi connectivity index (χ1n) is 50.2. The number of nitrogens with zero attached hydrogens (tertiary/aromatic N) is 18. The number of carbonyl (C=O) groups is 3. The molecule has 4 fully saturated rings. The summed E-state index contributed by atoms with van der Waals surface area (Å²) in [7, 11) is 0.754. The van der Waals surface area contributed by atoms with Gasteiger partial charge in [-0.05, 0) is 141 Å². The fourth-order valence-corrected chi connectivity index (χ4v) is 24.0. The van der Waals surface area contributed by atoms with E-state index in [0.29, 0.717) is 41.3 Å². The van der Waals surface area contributed by atoms with E-state index in [4.69, 9.17) is 100 Å². The van der Waals surface area contributed by atoms with E-state index >= 15 is 0 Å². The van der Waals surface area contributed by atoms with Crippen molar-refractivity contribution in [3.8, 4) is 0 Å². The molecule has 12 rings (SSSR count). The minimum Gasteiger partial charge on any atom is -0.376 e. The van der Waals surface area contributed by atoms with E-state index in [2.05, 4.69) is 212 Å². The lowest BCUT2D eigenvalue weighted by molar-refractivity contribution is -0.119. The number of aromatic amines is 2. The molecule has 0 bridgehead atoms. The van der Waals surface area contributed by atoms with Gasteiger partial charge < -0.3 is 104 Å². The number of benzene rings is 2. The van der Waals surface area contributed by atoms with Crippen molar-refractivity contribution in [2.75, 3.05) is 123 Å². The van der Waals surface area contributed by atoms with Crippen molar-refractivity contribution in [3.63, 3.8) is 0 Å². The predicted octanol–water partition coefficient (Wildman–Crippen LogP) is 15.2. The molecule has 20 atom stereocenters. The molecule has 4 aliphatic rings. The molecule has 5 N–H and O–H groups in total. The Balaban J connectivity index is 0.000000223. The molecular formula is C100H149N23O23P4. The minimum atomic E-state index is -1.43. The molecule has 0 saturated carbocycles. The lowest BCUT2D eigenvalue weighted by atomic mass is 10.0. The van der Waals surface area contributed by atoms with Crippen molar-refractivity contribution < 1.29 is 88.5 Å². The third-order valence-electron chi connectivity index (χ3n) is 24.8. The van der Waals surface area contributed by atoms with Crippen LogP contribution in [0.4, 0.5) is 17.6 Å². The molecule has 0 spiro atoms. The number of rotatable bonds is 50. The molecule has 0 aliphatic carbocycles. The number of H-pyrrole nitrogens is 2. The van der Waals surface area contributed by atoms with Gasteiger partial charge in [-0.15, -0.1) is 0 Å². The lowest BCUT2D eigenvalue weighted by Gasteiger charge is -2.36. The van der Waals surface area contributed by atoms with Gasteiger partial charge in [-0.3, -0.25) is 57.5 Å². The lowest BCUT2D eigenvalue weighted by Crippen LogP contribution is -2.36. The smallest absolute Gasteiger partial charge is 0.351 e. The van der Waals surface area contributed by atoms with Crippen LogP contribution < -0.4 is 38.4 Å². The van der Waals surface area contributed by atoms with Gasteiger partial charge in [-0.2, -0.15) is 9.97 Å². The maximum Gasteiger partial charge on any atom is 0.351 e. The molecule has 10 heterocycles. The number of ether oxygens (including phenoxy) is 8. The Morgan fingerprint density at radius 1 is 0.407 bits per heavy atom. The molecule has 822 valence electrons. The first-order chi connectivity index (χ1) is 71.6. The average Bonchev–Trinajstić information content (AvgIpc) is 1.61. The van der Waals surface area contributed by atoms with Crippen LogP contribution in [0.1, 0.15) is 198 Å². The van der Waals surface area contributed by atoms with E-state index < -0.39 is 93.7 Å². The second kappa shape index (κ2) is 60.7. The minimum absolute atomic E-state index is 0.0202. The van der Waals surface area contributed by atoms with Crippen LogP contribution in [0.3, 0.4) is 0 Å². The van der Waals surface area contributed by atoms with Crippen LogP contribution in [0.5, 0.6) is 0 Å². The Bertz CT molecular complexity index is 5950. The third kappa shape index (κ3) is 33.1. The molecule has 46 nitrogen and oxygen atoms in total. The Hall–Kier alpha value is -9.81. The second-order valence-electron chi connectivity index (χ2n) is 38.4. The molecule has 50 heteroatoms. The second-order valence-corrected chi connectivity index (χ2v) is 44.2. The van der Waals surface area contributed by atoms with E-state index in [1.165, 1.54) is 34.1 Å². The fourth-order valence-electron chi connectivity index (χ4n) is 17.6. The van der Waals surface area contributed by atoms with Crippen molar-refractivity contribution in [2.24, 2.45) is 29.6 Å². The fraction of sp³-hybridized carbons (Fsp3) is 0.630. The summed E-state index contributed by atoms with van der Waals surface area (Å²) in [6.45, 7) is 76.3. The molecule has 4 unspecified atom stereocenters. The van der Waals surface area contributed by atoms with Crippen molar-refractivity contribution in [3.05, 3.63) is 203 Å².